The molecule has 2 aromatic carbocycles. The summed E-state index contributed by atoms with van der Waals surface area (Å²) in [7, 11) is 0. The number of ether oxygens (including phenoxy) is 2. The summed E-state index contributed by atoms with van der Waals surface area (Å²) in [6.07, 6.45) is 5.60. The molecule has 0 radical (unpaired) electrons. The number of aryl methyl sites for hydroxylation is 1. The number of fused-ring (bicyclic) bond motifs is 1. The molecule has 1 saturated carbocycles. The fraction of sp³-hybridized carbons (Fsp3) is 0.444. The zero-order chi connectivity index (χ0) is 22.8. The molecule has 1 amide bonds. The van der Waals surface area contributed by atoms with E-state index in [2.05, 4.69) is 41.2 Å². The molecule has 2 aromatic rings. The van der Waals surface area contributed by atoms with Crippen LogP contribution in [0.1, 0.15) is 48.0 Å². The Morgan fingerprint density at radius 3 is 2.61 bits per heavy atom. The highest BCUT2D eigenvalue weighted by atomic mass is 16.6. The molecule has 3 aliphatic rings. The second-order valence-corrected chi connectivity index (χ2v) is 9.36. The number of nitrogens with one attached hydrogen (secondary N) is 2. The summed E-state index contributed by atoms with van der Waals surface area (Å²) in [5.74, 6) is 1.28. The highest BCUT2D eigenvalue weighted by Crippen LogP contribution is 2.34. The number of hydrogen-bond acceptors (Lipinski definition) is 5. The maximum absolute atomic E-state index is 13.0. The first-order valence-electron chi connectivity index (χ1n) is 12.1. The molecule has 0 aromatic heterocycles. The first kappa shape index (κ1) is 21.8. The van der Waals surface area contributed by atoms with Crippen molar-refractivity contribution in [3.63, 3.8) is 0 Å². The number of piperidine rings is 1. The molecule has 2 heterocycles. The van der Waals surface area contributed by atoms with Crippen LogP contribution in [0.25, 0.3) is 0 Å². The van der Waals surface area contributed by atoms with Crippen molar-refractivity contribution in [1.29, 1.82) is 0 Å². The molecule has 174 valence electrons. The van der Waals surface area contributed by atoms with Gasteiger partial charge in [-0.05, 0) is 62.4 Å². The summed E-state index contributed by atoms with van der Waals surface area (Å²) < 4.78 is 11.2. The van der Waals surface area contributed by atoms with Gasteiger partial charge in [-0.1, -0.05) is 31.2 Å². The zero-order valence-electron chi connectivity index (χ0n) is 19.3. The van der Waals surface area contributed by atoms with Gasteiger partial charge >= 0.3 is 0 Å². The van der Waals surface area contributed by atoms with E-state index in [0.29, 0.717) is 36.3 Å². The first-order valence-corrected chi connectivity index (χ1v) is 12.1. The monoisotopic (exact) mass is 447 g/mol. The van der Waals surface area contributed by atoms with E-state index in [0.717, 1.165) is 30.8 Å². The highest BCUT2D eigenvalue weighted by Gasteiger charge is 2.37. The number of benzene rings is 2. The van der Waals surface area contributed by atoms with E-state index >= 15 is 0 Å². The fourth-order valence-electron chi connectivity index (χ4n) is 5.04. The molecule has 0 bridgehead atoms. The molecule has 5 rings (SSSR count). The lowest BCUT2D eigenvalue weighted by Crippen LogP contribution is -2.56. The lowest BCUT2D eigenvalue weighted by molar-refractivity contribution is 0.0538. The summed E-state index contributed by atoms with van der Waals surface area (Å²) in [5, 5.41) is 6.84. The van der Waals surface area contributed by atoms with Gasteiger partial charge < -0.3 is 20.1 Å². The van der Waals surface area contributed by atoms with Crippen LogP contribution in [0, 0.1) is 6.92 Å². The molecule has 6 heteroatoms. The maximum atomic E-state index is 13.0. The molecule has 6 nitrogen and oxygen atoms in total. The lowest BCUT2D eigenvalue weighted by Gasteiger charge is -2.48. The van der Waals surface area contributed by atoms with E-state index in [9.17, 15) is 4.79 Å². The van der Waals surface area contributed by atoms with Gasteiger partial charge in [0.25, 0.3) is 5.91 Å². The van der Waals surface area contributed by atoms with Crippen LogP contribution in [0.3, 0.4) is 0 Å². The molecule has 2 N–H and O–H groups in total. The molecular formula is C27H33N3O3. The van der Waals surface area contributed by atoms with Gasteiger partial charge in [0.1, 0.15) is 13.2 Å². The topological polar surface area (TPSA) is 62.8 Å². The van der Waals surface area contributed by atoms with E-state index < -0.39 is 0 Å². The second-order valence-electron chi connectivity index (χ2n) is 9.36. The van der Waals surface area contributed by atoms with Crippen molar-refractivity contribution in [1.82, 2.24) is 10.2 Å². The van der Waals surface area contributed by atoms with Crippen LogP contribution in [0.5, 0.6) is 11.5 Å². The van der Waals surface area contributed by atoms with Gasteiger partial charge in [-0.25, -0.2) is 0 Å². The molecule has 33 heavy (non-hydrogen) atoms. The largest absolute Gasteiger partial charge is 0.486 e. The number of carbonyl (C=O) groups is 1. The third-order valence-electron chi connectivity index (χ3n) is 7.17. The number of nitrogens with zero attached hydrogens (tertiary/aromatic N) is 1. The Morgan fingerprint density at radius 2 is 1.85 bits per heavy atom. The van der Waals surface area contributed by atoms with Crippen molar-refractivity contribution >= 4 is 11.6 Å². The van der Waals surface area contributed by atoms with Gasteiger partial charge in [0.15, 0.2) is 11.5 Å². The summed E-state index contributed by atoms with van der Waals surface area (Å²) >= 11 is 0. The SMILES string of the molecule is C=C(Nc1ccccc1C)[C@H]1CC(NC(=O)c2ccc3c(c2)OCCO3)CCN1C1CCC1. The molecule has 1 saturated heterocycles. The smallest absolute Gasteiger partial charge is 0.251 e. The van der Waals surface area contributed by atoms with E-state index in [-0.39, 0.29) is 18.0 Å². The van der Waals surface area contributed by atoms with E-state index in [1.807, 2.05) is 24.3 Å². The minimum Gasteiger partial charge on any atom is -0.486 e. The van der Waals surface area contributed by atoms with Crippen molar-refractivity contribution in [2.24, 2.45) is 0 Å². The predicted molar refractivity (Wildman–Crippen MR) is 130 cm³/mol. The van der Waals surface area contributed by atoms with Crippen molar-refractivity contribution in [3.05, 3.63) is 65.9 Å². The minimum atomic E-state index is -0.0645. The molecular weight excluding hydrogens is 414 g/mol. The standard InChI is InChI=1S/C27H33N3O3/c1-18-6-3-4-9-23(18)28-19(2)24-17-21(12-13-30(24)22-7-5-8-22)29-27(31)20-10-11-25-26(16-20)33-15-14-32-25/h3-4,6,9-11,16,21-22,24,28H,2,5,7-8,12-15,17H2,1H3,(H,29,31)/t21?,24-/m1/s1. The summed E-state index contributed by atoms with van der Waals surface area (Å²) in [4.78, 5) is 15.6. The Labute approximate surface area is 196 Å². The highest BCUT2D eigenvalue weighted by molar-refractivity contribution is 5.95. The third kappa shape index (κ3) is 4.71. The van der Waals surface area contributed by atoms with Crippen LogP contribution in [-0.2, 0) is 0 Å². The van der Waals surface area contributed by atoms with E-state index in [4.69, 9.17) is 9.47 Å². The summed E-state index contributed by atoms with van der Waals surface area (Å²) in [6, 6.07) is 14.6. The Bertz CT molecular complexity index is 1030. The number of anilines is 1. The van der Waals surface area contributed by atoms with Crippen molar-refractivity contribution in [3.8, 4) is 11.5 Å². The van der Waals surface area contributed by atoms with Crippen molar-refractivity contribution in [2.45, 2.75) is 57.2 Å². The van der Waals surface area contributed by atoms with Crippen LogP contribution in [-0.4, -0.2) is 48.7 Å². The molecule has 1 unspecified atom stereocenters. The minimum absolute atomic E-state index is 0.0645. The third-order valence-corrected chi connectivity index (χ3v) is 7.17. The average molecular weight is 448 g/mol. The molecule has 2 fully saturated rings. The summed E-state index contributed by atoms with van der Waals surface area (Å²) in [6.45, 7) is 8.56. The van der Waals surface area contributed by atoms with Crippen molar-refractivity contribution < 1.29 is 14.3 Å². The number of rotatable bonds is 6. The maximum Gasteiger partial charge on any atom is 0.251 e. The van der Waals surface area contributed by atoms with Crippen LogP contribution >= 0.6 is 0 Å². The second kappa shape index (κ2) is 9.48. The molecule has 2 aliphatic heterocycles. The van der Waals surface area contributed by atoms with Gasteiger partial charge in [0.2, 0.25) is 0 Å². The first-order chi connectivity index (χ1) is 16.1. The summed E-state index contributed by atoms with van der Waals surface area (Å²) in [5.41, 5.74) is 3.91. The average Bonchev–Trinajstić information content (AvgIpc) is 2.80. The number of likely N-dealkylation sites (tertiary alicyclic amines) is 1. The van der Waals surface area contributed by atoms with Gasteiger partial charge in [0, 0.05) is 35.6 Å². The van der Waals surface area contributed by atoms with Crippen LogP contribution in [0.4, 0.5) is 5.69 Å². The van der Waals surface area contributed by atoms with Crippen LogP contribution < -0.4 is 20.1 Å². The lowest BCUT2D eigenvalue weighted by atomic mass is 9.85. The molecule has 2 atom stereocenters. The van der Waals surface area contributed by atoms with E-state index in [1.165, 1.54) is 24.8 Å². The van der Waals surface area contributed by atoms with Crippen molar-refractivity contribution in [2.75, 3.05) is 25.1 Å². The fourth-order valence-corrected chi connectivity index (χ4v) is 5.04. The normalized spacial score (nSPS) is 22.8. The Hall–Kier alpha value is -2.99. The van der Waals surface area contributed by atoms with Gasteiger partial charge in [0.05, 0.1) is 6.04 Å². The number of carbonyl (C=O) groups excluding carboxylic acids is 1. The predicted octanol–water partition coefficient (Wildman–Crippen LogP) is 4.51. The molecule has 0 spiro atoms. The Kier molecular flexibility index (Phi) is 6.27. The van der Waals surface area contributed by atoms with Crippen LogP contribution in [0.15, 0.2) is 54.7 Å². The number of hydrogen-bond donors (Lipinski definition) is 2. The Morgan fingerprint density at radius 1 is 1.06 bits per heavy atom. The Balaban J connectivity index is 1.28. The van der Waals surface area contributed by atoms with E-state index in [1.54, 1.807) is 6.07 Å². The number of amides is 1. The van der Waals surface area contributed by atoms with Crippen LogP contribution in [0.2, 0.25) is 0 Å². The zero-order valence-corrected chi connectivity index (χ0v) is 19.3. The quantitative estimate of drug-likeness (QED) is 0.682. The molecule has 1 aliphatic carbocycles. The van der Waals surface area contributed by atoms with Gasteiger partial charge in [-0.2, -0.15) is 0 Å². The van der Waals surface area contributed by atoms with Gasteiger partial charge in [-0.15, -0.1) is 0 Å². The van der Waals surface area contributed by atoms with Gasteiger partial charge in [-0.3, -0.25) is 9.69 Å². The number of para-hydroxylation sites is 1.